The molecule has 1 N–H and O–H groups in total. The number of likely N-dealkylation sites (N-methyl/N-ethyl adjacent to an activating group) is 1. The van der Waals surface area contributed by atoms with Crippen LogP contribution in [0.1, 0.15) is 43.8 Å². The van der Waals surface area contributed by atoms with Crippen molar-refractivity contribution in [2.75, 3.05) is 20.1 Å². The topological polar surface area (TPSA) is 49.4 Å². The molecule has 1 saturated heterocycles. The summed E-state index contributed by atoms with van der Waals surface area (Å²) in [5.74, 6) is -0.202. The second-order valence-electron chi connectivity index (χ2n) is 6.74. The summed E-state index contributed by atoms with van der Waals surface area (Å²) in [7, 11) is 1.82. The van der Waals surface area contributed by atoms with Gasteiger partial charge < -0.3 is 10.2 Å². The number of amides is 1. The fourth-order valence-corrected chi connectivity index (χ4v) is 3.23. The Hall–Kier alpha value is -2.46. The zero-order chi connectivity index (χ0) is 18.0. The summed E-state index contributed by atoms with van der Waals surface area (Å²) < 4.78 is 0. The van der Waals surface area contributed by atoms with Crippen molar-refractivity contribution in [3.8, 4) is 0 Å². The summed E-state index contributed by atoms with van der Waals surface area (Å²) >= 11 is 0. The molecule has 0 aromatic heterocycles. The molecular formula is C21H24N2O2. The quantitative estimate of drug-likeness (QED) is 0.873. The highest BCUT2D eigenvalue weighted by Gasteiger charge is 2.27. The van der Waals surface area contributed by atoms with Gasteiger partial charge in [0.2, 0.25) is 0 Å². The average molecular weight is 336 g/mol. The molecule has 1 amide bonds. The number of benzene rings is 2. The van der Waals surface area contributed by atoms with E-state index in [0.717, 1.165) is 30.6 Å². The molecule has 1 aliphatic rings. The Morgan fingerprint density at radius 1 is 1.04 bits per heavy atom. The van der Waals surface area contributed by atoms with Crippen molar-refractivity contribution >= 4 is 11.7 Å². The van der Waals surface area contributed by atoms with Crippen LogP contribution >= 0.6 is 0 Å². The zero-order valence-electron chi connectivity index (χ0n) is 15.0. The Morgan fingerprint density at radius 2 is 1.76 bits per heavy atom. The third kappa shape index (κ3) is 3.49. The van der Waals surface area contributed by atoms with Crippen molar-refractivity contribution in [2.24, 2.45) is 0 Å². The Morgan fingerprint density at radius 3 is 2.40 bits per heavy atom. The molecule has 1 atom stereocenters. The van der Waals surface area contributed by atoms with Gasteiger partial charge in [-0.3, -0.25) is 9.59 Å². The molecule has 1 fully saturated rings. The smallest absolute Gasteiger partial charge is 0.254 e. The van der Waals surface area contributed by atoms with E-state index in [1.807, 2.05) is 51.2 Å². The first-order valence-corrected chi connectivity index (χ1v) is 8.68. The molecule has 2 aromatic rings. The van der Waals surface area contributed by atoms with Crippen LogP contribution < -0.4 is 5.32 Å². The Bertz CT molecular complexity index is 807. The maximum Gasteiger partial charge on any atom is 0.254 e. The molecule has 3 rings (SSSR count). The van der Waals surface area contributed by atoms with Crippen LogP contribution in [0.4, 0.5) is 0 Å². The van der Waals surface area contributed by atoms with Gasteiger partial charge in [-0.05, 0) is 50.1 Å². The largest absolute Gasteiger partial charge is 0.337 e. The molecule has 4 heteroatoms. The number of hydrogen-bond donors (Lipinski definition) is 1. The number of carbonyl (C=O) groups excluding carboxylic acids is 2. The zero-order valence-corrected chi connectivity index (χ0v) is 15.0. The van der Waals surface area contributed by atoms with E-state index in [4.69, 9.17) is 0 Å². The van der Waals surface area contributed by atoms with E-state index in [9.17, 15) is 9.59 Å². The maximum absolute atomic E-state index is 13.0. The van der Waals surface area contributed by atoms with Gasteiger partial charge in [0.1, 0.15) is 0 Å². The second kappa shape index (κ2) is 7.19. The van der Waals surface area contributed by atoms with E-state index in [0.29, 0.717) is 16.7 Å². The molecule has 4 nitrogen and oxygen atoms in total. The van der Waals surface area contributed by atoms with Crippen LogP contribution in [-0.2, 0) is 0 Å². The number of rotatable bonds is 4. The van der Waals surface area contributed by atoms with Crippen molar-refractivity contribution in [3.05, 3.63) is 70.3 Å². The van der Waals surface area contributed by atoms with Gasteiger partial charge in [0, 0.05) is 30.8 Å². The minimum Gasteiger partial charge on any atom is -0.337 e. The van der Waals surface area contributed by atoms with Gasteiger partial charge in [-0.1, -0.05) is 30.3 Å². The monoisotopic (exact) mass is 336 g/mol. The Balaban J connectivity index is 1.93. The predicted octanol–water partition coefficient (Wildman–Crippen LogP) is 2.97. The fraction of sp³-hybridized carbons (Fsp3) is 0.333. The molecule has 0 saturated carbocycles. The number of carbonyl (C=O) groups is 2. The van der Waals surface area contributed by atoms with Gasteiger partial charge in [-0.15, -0.1) is 0 Å². The van der Waals surface area contributed by atoms with Crippen LogP contribution in [0.25, 0.3) is 0 Å². The number of hydrogen-bond acceptors (Lipinski definition) is 3. The summed E-state index contributed by atoms with van der Waals surface area (Å²) in [6, 6.07) is 13.0. The lowest BCUT2D eigenvalue weighted by molar-refractivity contribution is 0.0739. The van der Waals surface area contributed by atoms with Crippen molar-refractivity contribution in [3.63, 3.8) is 0 Å². The fourth-order valence-electron chi connectivity index (χ4n) is 3.23. The highest BCUT2D eigenvalue weighted by molar-refractivity contribution is 6.15. The lowest BCUT2D eigenvalue weighted by atomic mass is 9.95. The first-order valence-electron chi connectivity index (χ1n) is 8.68. The second-order valence-corrected chi connectivity index (χ2v) is 6.74. The first kappa shape index (κ1) is 17.4. The van der Waals surface area contributed by atoms with Gasteiger partial charge in [0.15, 0.2) is 5.78 Å². The summed E-state index contributed by atoms with van der Waals surface area (Å²) in [6.45, 7) is 5.73. The number of nitrogens with zero attached hydrogens (tertiary/aromatic N) is 1. The Kier molecular flexibility index (Phi) is 5.00. The highest BCUT2D eigenvalue weighted by atomic mass is 16.2. The van der Waals surface area contributed by atoms with Crippen LogP contribution in [0.3, 0.4) is 0 Å². The predicted molar refractivity (Wildman–Crippen MR) is 99.2 cm³/mol. The Labute approximate surface area is 148 Å². The van der Waals surface area contributed by atoms with Gasteiger partial charge in [0.25, 0.3) is 5.91 Å². The number of aryl methyl sites for hydroxylation is 2. The van der Waals surface area contributed by atoms with Crippen LogP contribution in [-0.4, -0.2) is 42.8 Å². The van der Waals surface area contributed by atoms with Crippen molar-refractivity contribution < 1.29 is 9.59 Å². The lowest BCUT2D eigenvalue weighted by Gasteiger charge is -2.24. The van der Waals surface area contributed by atoms with E-state index >= 15 is 0 Å². The molecule has 0 radical (unpaired) electrons. The summed E-state index contributed by atoms with van der Waals surface area (Å²) in [5.41, 5.74) is 3.78. The van der Waals surface area contributed by atoms with Crippen LogP contribution in [0.15, 0.2) is 42.5 Å². The molecule has 1 unspecified atom stereocenters. The molecule has 1 aliphatic heterocycles. The molecule has 1 heterocycles. The van der Waals surface area contributed by atoms with E-state index in [-0.39, 0.29) is 17.7 Å². The highest BCUT2D eigenvalue weighted by Crippen LogP contribution is 2.20. The molecule has 130 valence electrons. The maximum atomic E-state index is 13.0. The number of nitrogens with one attached hydrogen (secondary N) is 1. The molecule has 25 heavy (non-hydrogen) atoms. The van der Waals surface area contributed by atoms with Gasteiger partial charge in [0.05, 0.1) is 5.56 Å². The standard InChI is InChI=1S/C21H24N2O2/c1-14-8-9-16(12-15(14)2)20(24)18-6-4-5-7-19(18)21(25)23(3)17-10-11-22-13-17/h4-9,12,17,22H,10-11,13H2,1-3H3. The normalized spacial score (nSPS) is 16.7. The number of ketones is 1. The van der Waals surface area contributed by atoms with E-state index < -0.39 is 0 Å². The van der Waals surface area contributed by atoms with Crippen molar-refractivity contribution in [1.29, 1.82) is 0 Å². The van der Waals surface area contributed by atoms with Gasteiger partial charge in [-0.2, -0.15) is 0 Å². The van der Waals surface area contributed by atoms with Gasteiger partial charge >= 0.3 is 0 Å². The summed E-state index contributed by atoms with van der Waals surface area (Å²) in [4.78, 5) is 27.7. The van der Waals surface area contributed by atoms with Crippen molar-refractivity contribution in [1.82, 2.24) is 10.2 Å². The van der Waals surface area contributed by atoms with E-state index in [2.05, 4.69) is 5.32 Å². The summed E-state index contributed by atoms with van der Waals surface area (Å²) in [6.07, 6.45) is 0.940. The molecule has 0 bridgehead atoms. The SMILES string of the molecule is Cc1ccc(C(=O)c2ccccc2C(=O)N(C)C2CCNC2)cc1C. The van der Waals surface area contributed by atoms with Crippen LogP contribution in [0, 0.1) is 13.8 Å². The molecule has 0 aliphatic carbocycles. The molecule has 2 aromatic carbocycles. The van der Waals surface area contributed by atoms with Crippen LogP contribution in [0.2, 0.25) is 0 Å². The summed E-state index contributed by atoms with van der Waals surface area (Å²) in [5, 5.41) is 3.27. The minimum absolute atomic E-state index is 0.0958. The third-order valence-electron chi connectivity index (χ3n) is 5.07. The third-order valence-corrected chi connectivity index (χ3v) is 5.07. The molecular weight excluding hydrogens is 312 g/mol. The molecule has 0 spiro atoms. The van der Waals surface area contributed by atoms with Crippen LogP contribution in [0.5, 0.6) is 0 Å². The van der Waals surface area contributed by atoms with Gasteiger partial charge in [-0.25, -0.2) is 0 Å². The lowest BCUT2D eigenvalue weighted by Crippen LogP contribution is -2.39. The van der Waals surface area contributed by atoms with Crippen molar-refractivity contribution in [2.45, 2.75) is 26.3 Å². The van der Waals surface area contributed by atoms with E-state index in [1.165, 1.54) is 0 Å². The minimum atomic E-state index is -0.106. The first-order chi connectivity index (χ1) is 12.0. The van der Waals surface area contributed by atoms with E-state index in [1.54, 1.807) is 17.0 Å². The average Bonchev–Trinajstić information content (AvgIpc) is 3.17.